The Bertz CT molecular complexity index is 384. The van der Waals surface area contributed by atoms with Crippen LogP contribution in [-0.4, -0.2) is 30.1 Å². The topological polar surface area (TPSA) is 23.5 Å². The molecule has 0 aliphatic carbocycles. The first-order valence-corrected chi connectivity index (χ1v) is 6.26. The highest BCUT2D eigenvalue weighted by atomic mass is 19.2. The molecule has 0 aliphatic heterocycles. The maximum absolute atomic E-state index is 13.5. The van der Waals surface area contributed by atoms with Crippen LogP contribution in [0.2, 0.25) is 0 Å². The molecule has 1 aromatic carbocycles. The van der Waals surface area contributed by atoms with E-state index in [2.05, 4.69) is 13.8 Å². The first-order chi connectivity index (χ1) is 8.45. The normalized spacial score (nSPS) is 14.8. The predicted molar refractivity (Wildman–Crippen MR) is 68.3 cm³/mol. The summed E-state index contributed by atoms with van der Waals surface area (Å²) in [5.74, 6) is -1.36. The molecule has 2 nitrogen and oxygen atoms in total. The molecule has 0 saturated heterocycles. The number of aliphatic hydroxyl groups is 1. The van der Waals surface area contributed by atoms with Gasteiger partial charge in [0.25, 0.3) is 0 Å². The van der Waals surface area contributed by atoms with Gasteiger partial charge in [-0.15, -0.1) is 0 Å². The van der Waals surface area contributed by atoms with Crippen molar-refractivity contribution in [3.63, 3.8) is 0 Å². The maximum Gasteiger partial charge on any atom is 0.164 e. The third kappa shape index (κ3) is 4.03. The van der Waals surface area contributed by atoms with Gasteiger partial charge < -0.3 is 10.0 Å². The summed E-state index contributed by atoms with van der Waals surface area (Å²) in [6.07, 6.45) is 0.0455. The van der Waals surface area contributed by atoms with Gasteiger partial charge in [-0.25, -0.2) is 8.78 Å². The van der Waals surface area contributed by atoms with E-state index in [0.29, 0.717) is 12.5 Å². The average Bonchev–Trinajstić information content (AvgIpc) is 2.32. The minimum atomic E-state index is -1.00. The molecule has 0 aliphatic rings. The van der Waals surface area contributed by atoms with Crippen molar-refractivity contribution in [1.82, 2.24) is 4.90 Å². The van der Waals surface area contributed by atoms with Crippen LogP contribution in [0.5, 0.6) is 0 Å². The van der Waals surface area contributed by atoms with E-state index in [-0.39, 0.29) is 5.56 Å². The predicted octanol–water partition coefficient (Wildman–Crippen LogP) is 2.98. The summed E-state index contributed by atoms with van der Waals surface area (Å²) in [5, 5.41) is 9.93. The van der Waals surface area contributed by atoms with Gasteiger partial charge in [0.05, 0.1) is 6.10 Å². The molecule has 102 valence electrons. The lowest BCUT2D eigenvalue weighted by atomic mass is 10.1. The Morgan fingerprint density at radius 1 is 1.28 bits per heavy atom. The molecule has 0 bridgehead atoms. The van der Waals surface area contributed by atoms with Gasteiger partial charge in [0.1, 0.15) is 0 Å². The molecule has 1 rings (SSSR count). The lowest BCUT2D eigenvalue weighted by molar-refractivity contribution is 0.115. The number of likely N-dealkylation sites (N-methyl/N-ethyl adjacent to an activating group) is 1. The van der Waals surface area contributed by atoms with Crippen molar-refractivity contribution < 1.29 is 13.9 Å². The van der Waals surface area contributed by atoms with E-state index in [0.717, 1.165) is 19.0 Å². The van der Waals surface area contributed by atoms with E-state index in [1.165, 1.54) is 12.1 Å². The molecular formula is C14H21F2NO. The van der Waals surface area contributed by atoms with Gasteiger partial charge in [0.15, 0.2) is 11.6 Å². The van der Waals surface area contributed by atoms with Crippen LogP contribution >= 0.6 is 0 Å². The minimum Gasteiger partial charge on any atom is -0.387 e. The van der Waals surface area contributed by atoms with Gasteiger partial charge in [-0.3, -0.25) is 0 Å². The zero-order valence-electron chi connectivity index (χ0n) is 11.2. The third-order valence-corrected chi connectivity index (χ3v) is 3.15. The Hall–Kier alpha value is -1.00. The highest BCUT2D eigenvalue weighted by Crippen LogP contribution is 2.20. The molecule has 1 aromatic rings. The summed E-state index contributed by atoms with van der Waals surface area (Å²) in [6.45, 7) is 5.34. The number of rotatable bonds is 6. The fraction of sp³-hybridized carbons (Fsp3) is 0.571. The van der Waals surface area contributed by atoms with E-state index in [4.69, 9.17) is 0 Å². The fourth-order valence-corrected chi connectivity index (χ4v) is 1.91. The molecule has 0 spiro atoms. The Morgan fingerprint density at radius 3 is 2.56 bits per heavy atom. The molecule has 0 heterocycles. The molecular weight excluding hydrogens is 236 g/mol. The van der Waals surface area contributed by atoms with Crippen LogP contribution in [0.1, 0.15) is 31.9 Å². The Kier molecular flexibility index (Phi) is 5.69. The minimum absolute atomic E-state index is 0.0194. The van der Waals surface area contributed by atoms with Crippen LogP contribution in [0.4, 0.5) is 8.78 Å². The van der Waals surface area contributed by atoms with Crippen molar-refractivity contribution in [3.05, 3.63) is 35.4 Å². The number of aliphatic hydroxyl groups excluding tert-OH is 1. The van der Waals surface area contributed by atoms with Gasteiger partial charge in [-0.2, -0.15) is 0 Å². The second-order valence-electron chi connectivity index (χ2n) is 4.89. The molecule has 2 unspecified atom stereocenters. The van der Waals surface area contributed by atoms with Crippen LogP contribution in [0.3, 0.4) is 0 Å². The fourth-order valence-electron chi connectivity index (χ4n) is 1.91. The van der Waals surface area contributed by atoms with Crippen molar-refractivity contribution in [2.75, 3.05) is 20.1 Å². The quantitative estimate of drug-likeness (QED) is 0.847. The second-order valence-corrected chi connectivity index (χ2v) is 4.89. The highest BCUT2D eigenvalue weighted by molar-refractivity contribution is 5.21. The Balaban J connectivity index is 2.65. The number of halogens is 2. The van der Waals surface area contributed by atoms with Crippen LogP contribution < -0.4 is 0 Å². The SMILES string of the molecule is CCC(C)CN(C)CC(O)c1cccc(F)c1F. The van der Waals surface area contributed by atoms with Gasteiger partial charge in [-0.05, 0) is 19.0 Å². The number of benzene rings is 1. The van der Waals surface area contributed by atoms with Gasteiger partial charge >= 0.3 is 0 Å². The molecule has 0 radical (unpaired) electrons. The van der Waals surface area contributed by atoms with Crippen molar-refractivity contribution >= 4 is 0 Å². The lowest BCUT2D eigenvalue weighted by Gasteiger charge is -2.23. The zero-order valence-corrected chi connectivity index (χ0v) is 11.2. The summed E-state index contributed by atoms with van der Waals surface area (Å²) in [7, 11) is 1.87. The Labute approximate surface area is 107 Å². The highest BCUT2D eigenvalue weighted by Gasteiger charge is 2.17. The summed E-state index contributed by atoms with van der Waals surface area (Å²) < 4.78 is 26.5. The van der Waals surface area contributed by atoms with E-state index in [1.807, 2.05) is 11.9 Å². The molecule has 0 aromatic heterocycles. The van der Waals surface area contributed by atoms with E-state index in [9.17, 15) is 13.9 Å². The van der Waals surface area contributed by atoms with Crippen molar-refractivity contribution in [2.45, 2.75) is 26.4 Å². The van der Waals surface area contributed by atoms with Crippen LogP contribution in [0.25, 0.3) is 0 Å². The summed E-state index contributed by atoms with van der Waals surface area (Å²) in [6, 6.07) is 3.88. The number of hydrogen-bond acceptors (Lipinski definition) is 2. The van der Waals surface area contributed by atoms with Gasteiger partial charge in [0.2, 0.25) is 0 Å². The Morgan fingerprint density at radius 2 is 1.94 bits per heavy atom. The van der Waals surface area contributed by atoms with Crippen LogP contribution in [0.15, 0.2) is 18.2 Å². The third-order valence-electron chi connectivity index (χ3n) is 3.15. The van der Waals surface area contributed by atoms with E-state index >= 15 is 0 Å². The van der Waals surface area contributed by atoms with Crippen LogP contribution in [0, 0.1) is 17.6 Å². The van der Waals surface area contributed by atoms with Gasteiger partial charge in [0, 0.05) is 18.7 Å². The van der Waals surface area contributed by atoms with Crippen molar-refractivity contribution in [2.24, 2.45) is 5.92 Å². The van der Waals surface area contributed by atoms with E-state index < -0.39 is 17.7 Å². The first-order valence-electron chi connectivity index (χ1n) is 6.26. The molecule has 0 saturated carbocycles. The zero-order chi connectivity index (χ0) is 13.7. The molecule has 2 atom stereocenters. The average molecular weight is 257 g/mol. The van der Waals surface area contributed by atoms with Crippen LogP contribution in [-0.2, 0) is 0 Å². The monoisotopic (exact) mass is 257 g/mol. The second kappa shape index (κ2) is 6.81. The number of nitrogens with zero attached hydrogens (tertiary/aromatic N) is 1. The largest absolute Gasteiger partial charge is 0.387 e. The summed E-state index contributed by atoms with van der Waals surface area (Å²) >= 11 is 0. The van der Waals surface area contributed by atoms with E-state index in [1.54, 1.807) is 0 Å². The number of hydrogen-bond donors (Lipinski definition) is 1. The molecule has 4 heteroatoms. The lowest BCUT2D eigenvalue weighted by Crippen LogP contribution is -2.29. The van der Waals surface area contributed by atoms with Gasteiger partial charge in [-0.1, -0.05) is 32.4 Å². The first kappa shape index (κ1) is 15.1. The standard InChI is InChI=1S/C14H21F2NO/c1-4-10(2)8-17(3)9-13(18)11-6-5-7-12(15)14(11)16/h5-7,10,13,18H,4,8-9H2,1-3H3. The summed E-state index contributed by atoms with van der Waals surface area (Å²) in [5.41, 5.74) is 0.0194. The summed E-state index contributed by atoms with van der Waals surface area (Å²) in [4.78, 5) is 1.93. The smallest absolute Gasteiger partial charge is 0.164 e. The maximum atomic E-state index is 13.5. The van der Waals surface area contributed by atoms with Crippen molar-refractivity contribution in [1.29, 1.82) is 0 Å². The van der Waals surface area contributed by atoms with Crippen molar-refractivity contribution in [3.8, 4) is 0 Å². The molecule has 0 fully saturated rings. The molecule has 0 amide bonds. The molecule has 1 N–H and O–H groups in total. The molecule has 18 heavy (non-hydrogen) atoms.